The van der Waals surface area contributed by atoms with Crippen LogP contribution in [-0.2, 0) is 6.54 Å². The van der Waals surface area contributed by atoms with E-state index >= 15 is 0 Å². The van der Waals surface area contributed by atoms with Gasteiger partial charge in [-0.15, -0.1) is 11.8 Å². The molecule has 2 rings (SSSR count). The number of benzene rings is 2. The Morgan fingerprint density at radius 3 is 2.52 bits per heavy atom. The molecule has 0 aliphatic carbocycles. The van der Waals surface area contributed by atoms with E-state index in [1.807, 2.05) is 24.3 Å². The SMILES string of the molecule is NCc1ccc(OCCCSc2cc(F)ccc2F)cc1. The first-order valence-corrected chi connectivity index (χ1v) is 7.67. The quantitative estimate of drug-likeness (QED) is 0.620. The second-order valence-electron chi connectivity index (χ2n) is 4.47. The maximum absolute atomic E-state index is 13.4. The zero-order chi connectivity index (χ0) is 15.1. The standard InChI is InChI=1S/C16H17F2NOS/c17-13-4-7-15(18)16(10-13)21-9-1-8-20-14-5-2-12(11-19)3-6-14/h2-7,10H,1,8-9,11,19H2. The zero-order valence-electron chi connectivity index (χ0n) is 11.5. The molecular formula is C16H17F2NOS. The second-order valence-corrected chi connectivity index (χ2v) is 5.61. The topological polar surface area (TPSA) is 35.2 Å². The predicted molar refractivity (Wildman–Crippen MR) is 81.5 cm³/mol. The molecule has 0 unspecified atom stereocenters. The van der Waals surface area contributed by atoms with E-state index in [1.54, 1.807) is 0 Å². The van der Waals surface area contributed by atoms with Gasteiger partial charge >= 0.3 is 0 Å². The maximum Gasteiger partial charge on any atom is 0.136 e. The Morgan fingerprint density at radius 1 is 1.05 bits per heavy atom. The maximum atomic E-state index is 13.4. The Labute approximate surface area is 127 Å². The summed E-state index contributed by atoms with van der Waals surface area (Å²) < 4.78 is 32.0. The Morgan fingerprint density at radius 2 is 1.81 bits per heavy atom. The van der Waals surface area contributed by atoms with E-state index in [4.69, 9.17) is 10.5 Å². The molecule has 2 aromatic carbocycles. The van der Waals surface area contributed by atoms with Crippen LogP contribution in [0.25, 0.3) is 0 Å². The summed E-state index contributed by atoms with van der Waals surface area (Å²) in [6.07, 6.45) is 0.749. The van der Waals surface area contributed by atoms with Crippen LogP contribution in [0.1, 0.15) is 12.0 Å². The van der Waals surface area contributed by atoms with Crippen molar-refractivity contribution in [1.82, 2.24) is 0 Å². The van der Waals surface area contributed by atoms with Crippen LogP contribution in [0.3, 0.4) is 0 Å². The average Bonchev–Trinajstić information content (AvgIpc) is 2.51. The van der Waals surface area contributed by atoms with E-state index < -0.39 is 5.82 Å². The highest BCUT2D eigenvalue weighted by atomic mass is 32.2. The minimum atomic E-state index is -0.421. The van der Waals surface area contributed by atoms with Gasteiger partial charge in [-0.05, 0) is 42.3 Å². The van der Waals surface area contributed by atoms with Crippen LogP contribution in [0, 0.1) is 11.6 Å². The van der Waals surface area contributed by atoms with Crippen LogP contribution in [0.4, 0.5) is 8.78 Å². The zero-order valence-corrected chi connectivity index (χ0v) is 12.3. The lowest BCUT2D eigenvalue weighted by Crippen LogP contribution is -2.00. The molecule has 0 saturated heterocycles. The van der Waals surface area contributed by atoms with Gasteiger partial charge in [0.1, 0.15) is 17.4 Å². The van der Waals surface area contributed by atoms with Crippen molar-refractivity contribution >= 4 is 11.8 Å². The summed E-state index contributed by atoms with van der Waals surface area (Å²) in [7, 11) is 0. The number of thioether (sulfide) groups is 1. The molecule has 0 spiro atoms. The van der Waals surface area contributed by atoms with Gasteiger partial charge in [-0.1, -0.05) is 12.1 Å². The summed E-state index contributed by atoms with van der Waals surface area (Å²) >= 11 is 1.29. The Kier molecular flexibility index (Phi) is 6.02. The molecular weight excluding hydrogens is 292 g/mol. The van der Waals surface area contributed by atoms with Gasteiger partial charge in [0.15, 0.2) is 0 Å². The molecule has 0 bridgehead atoms. The molecule has 0 atom stereocenters. The molecule has 0 fully saturated rings. The monoisotopic (exact) mass is 309 g/mol. The van der Waals surface area contributed by atoms with Crippen LogP contribution in [0.2, 0.25) is 0 Å². The summed E-state index contributed by atoms with van der Waals surface area (Å²) in [5.74, 6) is 0.644. The molecule has 0 heterocycles. The van der Waals surface area contributed by atoms with Crippen LogP contribution >= 0.6 is 11.8 Å². The van der Waals surface area contributed by atoms with Crippen LogP contribution in [0.5, 0.6) is 5.75 Å². The number of hydrogen-bond acceptors (Lipinski definition) is 3. The number of ether oxygens (including phenoxy) is 1. The molecule has 2 nitrogen and oxygen atoms in total. The number of nitrogens with two attached hydrogens (primary N) is 1. The fourth-order valence-corrected chi connectivity index (χ4v) is 2.62. The third-order valence-electron chi connectivity index (χ3n) is 2.87. The highest BCUT2D eigenvalue weighted by molar-refractivity contribution is 7.99. The van der Waals surface area contributed by atoms with E-state index in [-0.39, 0.29) is 5.82 Å². The molecule has 0 amide bonds. The van der Waals surface area contributed by atoms with Gasteiger partial charge < -0.3 is 10.5 Å². The molecule has 0 aromatic heterocycles. The van der Waals surface area contributed by atoms with Crippen LogP contribution < -0.4 is 10.5 Å². The molecule has 112 valence electrons. The van der Waals surface area contributed by atoms with Gasteiger partial charge in [0, 0.05) is 17.2 Å². The van der Waals surface area contributed by atoms with E-state index in [0.29, 0.717) is 23.8 Å². The Balaban J connectivity index is 1.71. The molecule has 0 aliphatic rings. The van der Waals surface area contributed by atoms with Gasteiger partial charge in [0.2, 0.25) is 0 Å². The smallest absolute Gasteiger partial charge is 0.136 e. The summed E-state index contributed by atoms with van der Waals surface area (Å²) in [5, 5.41) is 0. The van der Waals surface area contributed by atoms with Crippen molar-refractivity contribution in [3.63, 3.8) is 0 Å². The minimum absolute atomic E-state index is 0.335. The molecule has 2 aromatic rings. The van der Waals surface area contributed by atoms with E-state index in [1.165, 1.54) is 17.8 Å². The largest absolute Gasteiger partial charge is 0.494 e. The van der Waals surface area contributed by atoms with Gasteiger partial charge in [0.05, 0.1) is 6.61 Å². The van der Waals surface area contributed by atoms with Crippen LogP contribution in [-0.4, -0.2) is 12.4 Å². The van der Waals surface area contributed by atoms with Crippen molar-refractivity contribution in [2.24, 2.45) is 5.73 Å². The van der Waals surface area contributed by atoms with Crippen molar-refractivity contribution < 1.29 is 13.5 Å². The molecule has 2 N–H and O–H groups in total. The third kappa shape index (κ3) is 5.02. The number of hydrogen-bond donors (Lipinski definition) is 1. The first-order chi connectivity index (χ1) is 10.2. The lowest BCUT2D eigenvalue weighted by molar-refractivity contribution is 0.318. The summed E-state index contributed by atoms with van der Waals surface area (Å²) in [6, 6.07) is 11.1. The van der Waals surface area contributed by atoms with Crippen molar-refractivity contribution in [3.8, 4) is 5.75 Å². The van der Waals surface area contributed by atoms with Crippen molar-refractivity contribution in [3.05, 3.63) is 59.7 Å². The van der Waals surface area contributed by atoms with Gasteiger partial charge in [-0.3, -0.25) is 0 Å². The van der Waals surface area contributed by atoms with Gasteiger partial charge in [-0.2, -0.15) is 0 Å². The Bertz CT molecular complexity index is 575. The number of rotatable bonds is 7. The molecule has 21 heavy (non-hydrogen) atoms. The average molecular weight is 309 g/mol. The molecule has 0 radical (unpaired) electrons. The first-order valence-electron chi connectivity index (χ1n) is 6.68. The minimum Gasteiger partial charge on any atom is -0.494 e. The van der Waals surface area contributed by atoms with Crippen LogP contribution in [0.15, 0.2) is 47.4 Å². The predicted octanol–water partition coefficient (Wildman–Crippen LogP) is 3.98. The fraction of sp³-hybridized carbons (Fsp3) is 0.250. The van der Waals surface area contributed by atoms with Gasteiger partial charge in [-0.25, -0.2) is 8.78 Å². The van der Waals surface area contributed by atoms with E-state index in [2.05, 4.69) is 0 Å². The van der Waals surface area contributed by atoms with Crippen molar-refractivity contribution in [2.75, 3.05) is 12.4 Å². The van der Waals surface area contributed by atoms with E-state index in [0.717, 1.165) is 29.9 Å². The summed E-state index contributed by atoms with van der Waals surface area (Å²) in [5.41, 5.74) is 6.57. The Hall–Kier alpha value is -1.59. The van der Waals surface area contributed by atoms with Crippen molar-refractivity contribution in [2.45, 2.75) is 17.9 Å². The summed E-state index contributed by atoms with van der Waals surface area (Å²) in [6.45, 7) is 1.04. The first kappa shape index (κ1) is 15.8. The molecule has 5 heteroatoms. The third-order valence-corrected chi connectivity index (χ3v) is 3.98. The fourth-order valence-electron chi connectivity index (χ4n) is 1.74. The van der Waals surface area contributed by atoms with Gasteiger partial charge in [0.25, 0.3) is 0 Å². The summed E-state index contributed by atoms with van der Waals surface area (Å²) in [4.78, 5) is 0.335. The molecule has 0 aliphatic heterocycles. The highest BCUT2D eigenvalue weighted by Crippen LogP contribution is 2.23. The van der Waals surface area contributed by atoms with Crippen molar-refractivity contribution in [1.29, 1.82) is 0 Å². The normalized spacial score (nSPS) is 10.6. The second kappa shape index (κ2) is 8.00. The molecule has 0 saturated carbocycles. The lowest BCUT2D eigenvalue weighted by Gasteiger charge is -2.07. The highest BCUT2D eigenvalue weighted by Gasteiger charge is 2.04. The van der Waals surface area contributed by atoms with E-state index in [9.17, 15) is 8.78 Å². The lowest BCUT2D eigenvalue weighted by atomic mass is 10.2. The number of halogens is 2.